The van der Waals surface area contributed by atoms with Crippen LogP contribution < -0.4 is 10.6 Å². The van der Waals surface area contributed by atoms with Gasteiger partial charge in [0, 0.05) is 38.4 Å². The lowest BCUT2D eigenvalue weighted by atomic mass is 10.1. The molecular weight excluding hydrogens is 340 g/mol. The third-order valence-corrected chi connectivity index (χ3v) is 4.99. The highest BCUT2D eigenvalue weighted by atomic mass is 16.2. The van der Waals surface area contributed by atoms with E-state index in [1.165, 1.54) is 5.56 Å². The summed E-state index contributed by atoms with van der Waals surface area (Å²) in [5.41, 5.74) is 4.32. The van der Waals surface area contributed by atoms with E-state index in [0.29, 0.717) is 13.1 Å². The highest BCUT2D eigenvalue weighted by Gasteiger charge is 2.21. The van der Waals surface area contributed by atoms with Crippen LogP contribution in [0.2, 0.25) is 0 Å². The van der Waals surface area contributed by atoms with Gasteiger partial charge in [-0.2, -0.15) is 0 Å². The van der Waals surface area contributed by atoms with E-state index >= 15 is 0 Å². The van der Waals surface area contributed by atoms with E-state index in [9.17, 15) is 9.59 Å². The van der Waals surface area contributed by atoms with E-state index in [1.807, 2.05) is 13.8 Å². The van der Waals surface area contributed by atoms with E-state index in [4.69, 9.17) is 0 Å². The first-order valence-electron chi connectivity index (χ1n) is 9.98. The number of carbonyl (C=O) groups is 2. The van der Waals surface area contributed by atoms with Crippen molar-refractivity contribution in [3.05, 3.63) is 28.8 Å². The molecule has 1 fully saturated rings. The van der Waals surface area contributed by atoms with Crippen molar-refractivity contribution in [2.75, 3.05) is 51.1 Å². The van der Waals surface area contributed by atoms with E-state index in [2.05, 4.69) is 46.4 Å². The normalized spacial score (nSPS) is 15.6. The van der Waals surface area contributed by atoms with Crippen molar-refractivity contribution in [1.82, 2.24) is 15.1 Å². The van der Waals surface area contributed by atoms with Crippen molar-refractivity contribution >= 4 is 17.5 Å². The molecule has 0 spiro atoms. The predicted molar refractivity (Wildman–Crippen MR) is 110 cm³/mol. The predicted octanol–water partition coefficient (Wildman–Crippen LogP) is 2.08. The number of benzene rings is 1. The van der Waals surface area contributed by atoms with E-state index < -0.39 is 0 Å². The molecule has 1 aromatic rings. The Balaban J connectivity index is 1.74. The Morgan fingerprint density at radius 3 is 1.96 bits per heavy atom. The third kappa shape index (κ3) is 6.96. The van der Waals surface area contributed by atoms with Crippen LogP contribution in [0.5, 0.6) is 0 Å². The van der Waals surface area contributed by atoms with Crippen LogP contribution in [0.4, 0.5) is 5.69 Å². The zero-order valence-electron chi connectivity index (χ0n) is 17.2. The second kappa shape index (κ2) is 10.4. The highest BCUT2D eigenvalue weighted by Crippen LogP contribution is 2.21. The topological polar surface area (TPSA) is 64.7 Å². The maximum Gasteiger partial charge on any atom is 0.238 e. The van der Waals surface area contributed by atoms with Gasteiger partial charge in [-0.05, 0) is 38.3 Å². The maximum absolute atomic E-state index is 12.4. The van der Waals surface area contributed by atoms with Crippen LogP contribution in [0.25, 0.3) is 0 Å². The van der Waals surface area contributed by atoms with Gasteiger partial charge in [0.25, 0.3) is 0 Å². The summed E-state index contributed by atoms with van der Waals surface area (Å²) >= 11 is 0. The number of anilines is 1. The Morgan fingerprint density at radius 1 is 0.926 bits per heavy atom. The van der Waals surface area contributed by atoms with Crippen LogP contribution in [0.15, 0.2) is 12.1 Å². The van der Waals surface area contributed by atoms with Gasteiger partial charge in [0.2, 0.25) is 11.8 Å². The average molecular weight is 375 g/mol. The summed E-state index contributed by atoms with van der Waals surface area (Å²) in [5, 5.41) is 6.02. The summed E-state index contributed by atoms with van der Waals surface area (Å²) in [7, 11) is 0. The summed E-state index contributed by atoms with van der Waals surface area (Å²) in [6, 6.07) is 4.18. The lowest BCUT2D eigenvalue weighted by Gasteiger charge is -2.33. The number of piperazine rings is 1. The quantitative estimate of drug-likeness (QED) is 0.684. The Hall–Kier alpha value is -1.92. The summed E-state index contributed by atoms with van der Waals surface area (Å²) in [6.45, 7) is 13.1. The van der Waals surface area contributed by atoms with Gasteiger partial charge in [0.15, 0.2) is 0 Å². The SMILES string of the molecule is CCCCNC(=O)CN1CCN(CC(=O)Nc2c(C)cc(C)cc2C)CC1. The molecule has 1 saturated heterocycles. The van der Waals surface area contributed by atoms with Crippen molar-refractivity contribution in [2.45, 2.75) is 40.5 Å². The first kappa shape index (κ1) is 21.4. The van der Waals surface area contributed by atoms with Gasteiger partial charge >= 0.3 is 0 Å². The Labute approximate surface area is 163 Å². The standard InChI is InChI=1S/C21H34N4O2/c1-5-6-7-22-19(26)14-24-8-10-25(11-9-24)15-20(27)23-21-17(3)12-16(2)13-18(21)4/h12-13H,5-11,14-15H2,1-4H3,(H,22,26)(H,23,27). The van der Waals surface area contributed by atoms with E-state index in [1.54, 1.807) is 0 Å². The zero-order valence-corrected chi connectivity index (χ0v) is 17.2. The molecule has 6 heteroatoms. The molecule has 0 unspecified atom stereocenters. The number of unbranched alkanes of at least 4 members (excludes halogenated alkanes) is 1. The molecule has 0 saturated carbocycles. The fourth-order valence-corrected chi connectivity index (χ4v) is 3.53. The van der Waals surface area contributed by atoms with Gasteiger partial charge in [-0.3, -0.25) is 19.4 Å². The van der Waals surface area contributed by atoms with Crippen molar-refractivity contribution in [3.63, 3.8) is 0 Å². The van der Waals surface area contributed by atoms with Crippen LogP contribution in [0.3, 0.4) is 0 Å². The molecule has 2 amide bonds. The lowest BCUT2D eigenvalue weighted by Crippen LogP contribution is -2.51. The molecule has 6 nitrogen and oxygen atoms in total. The zero-order chi connectivity index (χ0) is 19.8. The minimum Gasteiger partial charge on any atom is -0.355 e. The fourth-order valence-electron chi connectivity index (χ4n) is 3.53. The van der Waals surface area contributed by atoms with E-state index in [0.717, 1.165) is 62.4 Å². The number of amides is 2. The number of nitrogens with one attached hydrogen (secondary N) is 2. The number of carbonyl (C=O) groups excluding carboxylic acids is 2. The minimum atomic E-state index is 0.0239. The molecule has 0 aliphatic carbocycles. The number of aryl methyl sites for hydroxylation is 3. The smallest absolute Gasteiger partial charge is 0.238 e. The highest BCUT2D eigenvalue weighted by molar-refractivity contribution is 5.93. The molecular formula is C21H34N4O2. The molecule has 0 atom stereocenters. The van der Waals surface area contributed by atoms with Crippen molar-refractivity contribution < 1.29 is 9.59 Å². The molecule has 150 valence electrons. The molecule has 1 aliphatic rings. The Kier molecular flexibility index (Phi) is 8.25. The van der Waals surface area contributed by atoms with Gasteiger partial charge in [0.05, 0.1) is 13.1 Å². The van der Waals surface area contributed by atoms with E-state index in [-0.39, 0.29) is 11.8 Å². The third-order valence-electron chi connectivity index (χ3n) is 4.99. The largest absolute Gasteiger partial charge is 0.355 e. The second-order valence-electron chi connectivity index (χ2n) is 7.58. The number of hydrogen-bond donors (Lipinski definition) is 2. The molecule has 1 aromatic carbocycles. The number of hydrogen-bond acceptors (Lipinski definition) is 4. The molecule has 1 heterocycles. The molecule has 2 rings (SSSR count). The van der Waals surface area contributed by atoms with Gasteiger partial charge in [-0.25, -0.2) is 0 Å². The van der Waals surface area contributed by atoms with Crippen LogP contribution in [0.1, 0.15) is 36.5 Å². The van der Waals surface area contributed by atoms with Crippen LogP contribution in [0, 0.1) is 20.8 Å². The Morgan fingerprint density at radius 2 is 1.44 bits per heavy atom. The summed E-state index contributed by atoms with van der Waals surface area (Å²) < 4.78 is 0. The average Bonchev–Trinajstić information content (AvgIpc) is 2.60. The van der Waals surface area contributed by atoms with Gasteiger partial charge in [0.1, 0.15) is 0 Å². The van der Waals surface area contributed by atoms with Crippen LogP contribution >= 0.6 is 0 Å². The fraction of sp³-hybridized carbons (Fsp3) is 0.619. The van der Waals surface area contributed by atoms with Crippen molar-refractivity contribution in [2.24, 2.45) is 0 Å². The summed E-state index contributed by atoms with van der Waals surface area (Å²) in [6.07, 6.45) is 2.11. The molecule has 0 radical (unpaired) electrons. The van der Waals surface area contributed by atoms with Crippen LogP contribution in [-0.4, -0.2) is 67.4 Å². The van der Waals surface area contributed by atoms with Gasteiger partial charge < -0.3 is 10.6 Å². The lowest BCUT2D eigenvalue weighted by molar-refractivity contribution is -0.123. The van der Waals surface area contributed by atoms with Crippen molar-refractivity contribution in [3.8, 4) is 0 Å². The summed E-state index contributed by atoms with van der Waals surface area (Å²) in [4.78, 5) is 28.7. The number of rotatable bonds is 8. The summed E-state index contributed by atoms with van der Waals surface area (Å²) in [5.74, 6) is 0.121. The molecule has 2 N–H and O–H groups in total. The minimum absolute atomic E-state index is 0.0239. The monoisotopic (exact) mass is 374 g/mol. The first-order valence-corrected chi connectivity index (χ1v) is 9.98. The second-order valence-corrected chi connectivity index (χ2v) is 7.58. The first-order chi connectivity index (χ1) is 12.9. The molecule has 1 aliphatic heterocycles. The van der Waals surface area contributed by atoms with Crippen LogP contribution in [-0.2, 0) is 9.59 Å². The Bertz CT molecular complexity index is 629. The van der Waals surface area contributed by atoms with Crippen molar-refractivity contribution in [1.29, 1.82) is 0 Å². The van der Waals surface area contributed by atoms with Gasteiger partial charge in [-0.15, -0.1) is 0 Å². The molecule has 27 heavy (non-hydrogen) atoms. The number of nitrogens with zero attached hydrogens (tertiary/aromatic N) is 2. The molecule has 0 bridgehead atoms. The maximum atomic E-state index is 12.4. The van der Waals surface area contributed by atoms with Gasteiger partial charge in [-0.1, -0.05) is 31.0 Å². The molecule has 0 aromatic heterocycles.